The number of rotatable bonds is 4. The fourth-order valence-electron chi connectivity index (χ4n) is 4.85. The zero-order chi connectivity index (χ0) is 24.6. The molecule has 182 valence electrons. The molecule has 0 bridgehead atoms. The largest absolute Gasteiger partial charge is 0.351 e. The number of para-hydroxylation sites is 1. The molecule has 0 unspecified atom stereocenters. The molecule has 2 fully saturated rings. The second-order valence-corrected chi connectivity index (χ2v) is 8.90. The lowest BCUT2D eigenvalue weighted by Crippen LogP contribution is -2.51. The topological polar surface area (TPSA) is 100 Å². The molecule has 4 heterocycles. The Kier molecular flexibility index (Phi) is 5.51. The molecule has 2 aromatic carbocycles. The SMILES string of the molecule is O=C([C@H]1CC(=O)N(c2ccc(F)cc2)C1)N1CCN(c2ncnc3c2nnn3-c2ccccc2)CC1. The summed E-state index contributed by atoms with van der Waals surface area (Å²) >= 11 is 0. The van der Waals surface area contributed by atoms with Gasteiger partial charge in [-0.1, -0.05) is 23.4 Å². The van der Waals surface area contributed by atoms with Crippen LogP contribution in [0.25, 0.3) is 16.9 Å². The van der Waals surface area contributed by atoms with Gasteiger partial charge < -0.3 is 14.7 Å². The van der Waals surface area contributed by atoms with Crippen LogP contribution in [0.1, 0.15) is 6.42 Å². The van der Waals surface area contributed by atoms with E-state index in [1.54, 1.807) is 21.7 Å². The van der Waals surface area contributed by atoms with E-state index in [2.05, 4.69) is 25.2 Å². The number of piperazine rings is 1. The standard InChI is InChI=1S/C25H23FN8O2/c26-18-6-8-19(9-7-18)33-15-17(14-21(33)35)25(36)32-12-10-31(11-13-32)23-22-24(28-16-27-23)34(30-29-22)20-4-2-1-3-5-20/h1-9,16-17H,10-15H2/t17-/m0/s1. The molecule has 2 aliphatic heterocycles. The van der Waals surface area contributed by atoms with Crippen LogP contribution < -0.4 is 9.80 Å². The van der Waals surface area contributed by atoms with Crippen LogP contribution in [0.3, 0.4) is 0 Å². The third-order valence-corrected chi connectivity index (χ3v) is 6.72. The summed E-state index contributed by atoms with van der Waals surface area (Å²) in [6.45, 7) is 2.49. The summed E-state index contributed by atoms with van der Waals surface area (Å²) in [6, 6.07) is 15.4. The highest BCUT2D eigenvalue weighted by molar-refractivity contribution is 6.00. The van der Waals surface area contributed by atoms with Gasteiger partial charge in [0, 0.05) is 44.8 Å². The van der Waals surface area contributed by atoms with Crippen LogP contribution in [0.2, 0.25) is 0 Å². The number of anilines is 2. The van der Waals surface area contributed by atoms with Gasteiger partial charge in [0.2, 0.25) is 11.8 Å². The van der Waals surface area contributed by atoms with Crippen LogP contribution in [-0.2, 0) is 9.59 Å². The average molecular weight is 487 g/mol. The number of hydrogen-bond acceptors (Lipinski definition) is 7. The highest BCUT2D eigenvalue weighted by Gasteiger charge is 2.38. The van der Waals surface area contributed by atoms with E-state index in [4.69, 9.17) is 0 Å². The maximum Gasteiger partial charge on any atom is 0.228 e. The van der Waals surface area contributed by atoms with Crippen LogP contribution in [0, 0.1) is 11.7 Å². The molecule has 2 aromatic heterocycles. The van der Waals surface area contributed by atoms with Gasteiger partial charge >= 0.3 is 0 Å². The lowest BCUT2D eigenvalue weighted by molar-refractivity contribution is -0.136. The van der Waals surface area contributed by atoms with Crippen molar-refractivity contribution in [1.82, 2.24) is 29.9 Å². The fraction of sp³-hybridized carbons (Fsp3) is 0.280. The van der Waals surface area contributed by atoms with Crippen LogP contribution in [0.5, 0.6) is 0 Å². The number of fused-ring (bicyclic) bond motifs is 1. The molecule has 0 saturated carbocycles. The highest BCUT2D eigenvalue weighted by atomic mass is 19.1. The van der Waals surface area contributed by atoms with E-state index in [0.717, 1.165) is 5.69 Å². The van der Waals surface area contributed by atoms with E-state index in [9.17, 15) is 14.0 Å². The Balaban J connectivity index is 1.13. The summed E-state index contributed by atoms with van der Waals surface area (Å²) in [5, 5.41) is 8.61. The van der Waals surface area contributed by atoms with Crippen molar-refractivity contribution in [3.8, 4) is 5.69 Å². The molecule has 0 N–H and O–H groups in total. The Hall–Kier alpha value is -4.41. The van der Waals surface area contributed by atoms with Gasteiger partial charge in [-0.25, -0.2) is 14.4 Å². The van der Waals surface area contributed by atoms with Crippen molar-refractivity contribution in [2.24, 2.45) is 5.92 Å². The van der Waals surface area contributed by atoms with E-state index in [-0.39, 0.29) is 24.1 Å². The molecule has 0 spiro atoms. The van der Waals surface area contributed by atoms with Crippen molar-refractivity contribution in [1.29, 1.82) is 0 Å². The first-order valence-electron chi connectivity index (χ1n) is 11.8. The maximum atomic E-state index is 13.3. The van der Waals surface area contributed by atoms with Gasteiger partial charge in [0.1, 0.15) is 12.1 Å². The summed E-state index contributed by atoms with van der Waals surface area (Å²) in [4.78, 5) is 40.1. The van der Waals surface area contributed by atoms with Crippen molar-refractivity contribution in [3.05, 3.63) is 66.7 Å². The molecule has 0 aliphatic carbocycles. The molecule has 0 radical (unpaired) electrons. The molecule has 6 rings (SSSR count). The predicted molar refractivity (Wildman–Crippen MR) is 130 cm³/mol. The molecule has 1 atom stereocenters. The molecular formula is C25H23FN8O2. The first-order valence-corrected chi connectivity index (χ1v) is 11.8. The molecule has 2 saturated heterocycles. The number of benzene rings is 2. The minimum Gasteiger partial charge on any atom is -0.351 e. The summed E-state index contributed by atoms with van der Waals surface area (Å²) in [5.41, 5.74) is 2.70. The number of carbonyl (C=O) groups is 2. The summed E-state index contributed by atoms with van der Waals surface area (Å²) < 4.78 is 14.9. The molecule has 10 nitrogen and oxygen atoms in total. The van der Waals surface area contributed by atoms with Crippen molar-refractivity contribution in [2.45, 2.75) is 6.42 Å². The Morgan fingerprint density at radius 3 is 2.42 bits per heavy atom. The van der Waals surface area contributed by atoms with Gasteiger partial charge in [-0.15, -0.1) is 5.10 Å². The van der Waals surface area contributed by atoms with Crippen LogP contribution in [-0.4, -0.2) is 74.4 Å². The van der Waals surface area contributed by atoms with Gasteiger partial charge in [-0.3, -0.25) is 9.59 Å². The van der Waals surface area contributed by atoms with Crippen molar-refractivity contribution in [2.75, 3.05) is 42.5 Å². The number of aromatic nitrogens is 5. The Morgan fingerprint density at radius 2 is 1.67 bits per heavy atom. The van der Waals surface area contributed by atoms with Crippen molar-refractivity contribution in [3.63, 3.8) is 0 Å². The monoisotopic (exact) mass is 486 g/mol. The third-order valence-electron chi connectivity index (χ3n) is 6.72. The first kappa shape index (κ1) is 22.1. The number of amides is 2. The van der Waals surface area contributed by atoms with Gasteiger partial charge in [-0.2, -0.15) is 4.68 Å². The quantitative estimate of drug-likeness (QED) is 0.435. The highest BCUT2D eigenvalue weighted by Crippen LogP contribution is 2.28. The third kappa shape index (κ3) is 3.92. The number of halogens is 1. The predicted octanol–water partition coefficient (Wildman–Crippen LogP) is 2.05. The van der Waals surface area contributed by atoms with E-state index >= 15 is 0 Å². The van der Waals surface area contributed by atoms with Crippen LogP contribution >= 0.6 is 0 Å². The Labute approximate surface area is 206 Å². The minimum atomic E-state index is -0.411. The normalized spacial score (nSPS) is 18.3. The van der Waals surface area contributed by atoms with E-state index in [1.807, 2.05) is 35.2 Å². The van der Waals surface area contributed by atoms with E-state index < -0.39 is 5.92 Å². The fourth-order valence-corrected chi connectivity index (χ4v) is 4.85. The average Bonchev–Trinajstić information content (AvgIpc) is 3.53. The second-order valence-electron chi connectivity index (χ2n) is 8.90. The second kappa shape index (κ2) is 8.99. The summed E-state index contributed by atoms with van der Waals surface area (Å²) in [6.07, 6.45) is 1.66. The zero-order valence-electron chi connectivity index (χ0n) is 19.4. The Bertz CT molecular complexity index is 1420. The zero-order valence-corrected chi connectivity index (χ0v) is 19.4. The number of hydrogen-bond donors (Lipinski definition) is 0. The number of nitrogens with zero attached hydrogens (tertiary/aromatic N) is 8. The van der Waals surface area contributed by atoms with E-state index in [1.165, 1.54) is 18.5 Å². The molecule has 36 heavy (non-hydrogen) atoms. The first-order chi connectivity index (χ1) is 17.6. The molecule has 2 amide bonds. The van der Waals surface area contributed by atoms with Gasteiger partial charge in [0.25, 0.3) is 0 Å². The van der Waals surface area contributed by atoms with Gasteiger partial charge in [0.15, 0.2) is 17.0 Å². The van der Waals surface area contributed by atoms with Gasteiger partial charge in [0.05, 0.1) is 11.6 Å². The van der Waals surface area contributed by atoms with Crippen LogP contribution in [0.4, 0.5) is 15.9 Å². The molecule has 11 heteroatoms. The minimum absolute atomic E-state index is 0.0320. The molecule has 4 aromatic rings. The van der Waals surface area contributed by atoms with Crippen molar-refractivity contribution >= 4 is 34.5 Å². The Morgan fingerprint density at radius 1 is 0.917 bits per heavy atom. The van der Waals surface area contributed by atoms with Gasteiger partial charge in [-0.05, 0) is 36.4 Å². The lowest BCUT2D eigenvalue weighted by Gasteiger charge is -2.36. The lowest BCUT2D eigenvalue weighted by atomic mass is 10.1. The number of carbonyl (C=O) groups excluding carboxylic acids is 2. The van der Waals surface area contributed by atoms with Crippen LogP contribution in [0.15, 0.2) is 60.9 Å². The van der Waals surface area contributed by atoms with Crippen molar-refractivity contribution < 1.29 is 14.0 Å². The molecular weight excluding hydrogens is 463 g/mol. The smallest absolute Gasteiger partial charge is 0.228 e. The van der Waals surface area contributed by atoms with E-state index in [0.29, 0.717) is 55.4 Å². The summed E-state index contributed by atoms with van der Waals surface area (Å²) in [7, 11) is 0. The summed E-state index contributed by atoms with van der Waals surface area (Å²) in [5.74, 6) is -0.239. The molecule has 2 aliphatic rings. The maximum absolute atomic E-state index is 13.3.